The number of rotatable bonds is 3. The Morgan fingerprint density at radius 1 is 1.15 bits per heavy atom. The first-order valence-corrected chi connectivity index (χ1v) is 10.0. The van der Waals surface area contributed by atoms with E-state index >= 15 is 0 Å². The molecule has 0 radical (unpaired) electrons. The number of esters is 1. The van der Waals surface area contributed by atoms with Gasteiger partial charge in [-0.2, -0.15) is 0 Å². The Labute approximate surface area is 159 Å². The molecule has 4 rings (SSSR count). The molecule has 5 heteroatoms. The SMILES string of the molecule is CC1=C(C(=O)OC2CCCCC2)C(c2ccc(C)o2)C2C(=O)CCC=C2N1. The predicted molar refractivity (Wildman–Crippen MR) is 101 cm³/mol. The summed E-state index contributed by atoms with van der Waals surface area (Å²) >= 11 is 0. The Bertz CT molecular complexity index is 810. The number of ether oxygens (including phenoxy) is 1. The van der Waals surface area contributed by atoms with E-state index in [2.05, 4.69) is 11.4 Å². The van der Waals surface area contributed by atoms with Crippen molar-refractivity contribution in [2.24, 2.45) is 5.92 Å². The van der Waals surface area contributed by atoms with Gasteiger partial charge in [-0.05, 0) is 58.1 Å². The van der Waals surface area contributed by atoms with Gasteiger partial charge in [-0.25, -0.2) is 4.79 Å². The number of hydrogen-bond donors (Lipinski definition) is 1. The molecule has 1 aromatic heterocycles. The predicted octanol–water partition coefficient (Wildman–Crippen LogP) is 4.29. The standard InChI is InChI=1S/C22H27NO4/c1-13-11-12-18(26-13)21-19(22(25)27-15-7-4-3-5-8-15)14(2)23-16-9-6-10-17(24)20(16)21/h9,11-12,15,20-21,23H,3-8,10H2,1-2H3. The van der Waals surface area contributed by atoms with Gasteiger partial charge in [0.1, 0.15) is 23.4 Å². The van der Waals surface area contributed by atoms with E-state index in [4.69, 9.17) is 9.15 Å². The minimum Gasteiger partial charge on any atom is -0.466 e. The van der Waals surface area contributed by atoms with Crippen molar-refractivity contribution >= 4 is 11.8 Å². The van der Waals surface area contributed by atoms with Gasteiger partial charge in [0.25, 0.3) is 0 Å². The fraction of sp³-hybridized carbons (Fsp3) is 0.545. The lowest BCUT2D eigenvalue weighted by Crippen LogP contribution is -2.41. The molecule has 0 spiro atoms. The summed E-state index contributed by atoms with van der Waals surface area (Å²) in [6.07, 6.45) is 8.52. The molecule has 0 saturated heterocycles. The molecule has 1 aromatic rings. The Hall–Kier alpha value is -2.30. The summed E-state index contributed by atoms with van der Waals surface area (Å²) < 4.78 is 11.8. The minimum atomic E-state index is -0.421. The number of hydrogen-bond acceptors (Lipinski definition) is 5. The molecule has 5 nitrogen and oxygen atoms in total. The summed E-state index contributed by atoms with van der Waals surface area (Å²) in [4.78, 5) is 25.9. The average molecular weight is 369 g/mol. The smallest absolute Gasteiger partial charge is 0.336 e. The van der Waals surface area contributed by atoms with Crippen molar-refractivity contribution in [2.45, 2.75) is 70.8 Å². The Balaban J connectivity index is 1.71. The molecule has 2 heterocycles. The highest BCUT2D eigenvalue weighted by molar-refractivity contribution is 5.96. The molecule has 2 unspecified atom stereocenters. The van der Waals surface area contributed by atoms with Gasteiger partial charge in [0.15, 0.2) is 0 Å². The van der Waals surface area contributed by atoms with Crippen LogP contribution in [0.4, 0.5) is 0 Å². The fourth-order valence-corrected chi connectivity index (χ4v) is 4.61. The van der Waals surface area contributed by atoms with Crippen molar-refractivity contribution in [1.82, 2.24) is 5.32 Å². The number of ketones is 1. The number of Topliss-reactive ketones (excluding diaryl/α,β-unsaturated/α-hetero) is 1. The molecule has 144 valence electrons. The van der Waals surface area contributed by atoms with Gasteiger partial charge in [-0.3, -0.25) is 4.79 Å². The maximum Gasteiger partial charge on any atom is 0.336 e. The van der Waals surface area contributed by atoms with E-state index in [9.17, 15) is 9.59 Å². The number of furan rings is 1. The number of allylic oxidation sites excluding steroid dienone is 3. The molecule has 0 amide bonds. The van der Waals surface area contributed by atoms with Gasteiger partial charge in [0.05, 0.1) is 17.4 Å². The van der Waals surface area contributed by atoms with Crippen LogP contribution in [0.3, 0.4) is 0 Å². The summed E-state index contributed by atoms with van der Waals surface area (Å²) in [7, 11) is 0. The van der Waals surface area contributed by atoms with Gasteiger partial charge in [-0.15, -0.1) is 0 Å². The number of carbonyl (C=O) groups excluding carboxylic acids is 2. The highest BCUT2D eigenvalue weighted by Gasteiger charge is 2.45. The zero-order valence-electron chi connectivity index (χ0n) is 16.0. The van der Waals surface area contributed by atoms with Gasteiger partial charge >= 0.3 is 5.97 Å². The maximum atomic E-state index is 13.2. The monoisotopic (exact) mass is 369 g/mol. The van der Waals surface area contributed by atoms with E-state index in [-0.39, 0.29) is 17.9 Å². The third-order valence-electron chi connectivity index (χ3n) is 5.93. The Kier molecular flexibility index (Phi) is 4.94. The van der Waals surface area contributed by atoms with E-state index in [0.29, 0.717) is 17.8 Å². The van der Waals surface area contributed by atoms with E-state index in [1.54, 1.807) is 0 Å². The first-order chi connectivity index (χ1) is 13.0. The molecule has 1 N–H and O–H groups in total. The van der Waals surface area contributed by atoms with Crippen molar-refractivity contribution in [3.8, 4) is 0 Å². The second-order valence-corrected chi connectivity index (χ2v) is 7.90. The zero-order chi connectivity index (χ0) is 19.0. The van der Waals surface area contributed by atoms with Crippen LogP contribution < -0.4 is 5.32 Å². The number of nitrogens with one attached hydrogen (secondary N) is 1. The molecular weight excluding hydrogens is 342 g/mol. The van der Waals surface area contributed by atoms with E-state index < -0.39 is 11.8 Å². The van der Waals surface area contributed by atoms with Crippen molar-refractivity contribution in [3.05, 3.63) is 46.7 Å². The van der Waals surface area contributed by atoms with Crippen molar-refractivity contribution in [1.29, 1.82) is 0 Å². The topological polar surface area (TPSA) is 68.5 Å². The van der Waals surface area contributed by atoms with Crippen molar-refractivity contribution in [2.75, 3.05) is 0 Å². The summed E-state index contributed by atoms with van der Waals surface area (Å²) in [5, 5.41) is 3.30. The summed E-state index contributed by atoms with van der Waals surface area (Å²) in [6, 6.07) is 3.76. The molecule has 27 heavy (non-hydrogen) atoms. The molecule has 2 atom stereocenters. The van der Waals surface area contributed by atoms with Crippen LogP contribution in [-0.4, -0.2) is 17.9 Å². The Morgan fingerprint density at radius 2 is 1.93 bits per heavy atom. The molecule has 0 aromatic carbocycles. The highest BCUT2D eigenvalue weighted by atomic mass is 16.5. The molecule has 3 aliphatic rings. The maximum absolute atomic E-state index is 13.2. The van der Waals surface area contributed by atoms with E-state index in [1.807, 2.05) is 26.0 Å². The van der Waals surface area contributed by atoms with Crippen LogP contribution in [0.25, 0.3) is 0 Å². The summed E-state index contributed by atoms with van der Waals surface area (Å²) in [5.41, 5.74) is 2.18. The normalized spacial score (nSPS) is 26.3. The van der Waals surface area contributed by atoms with Gasteiger partial charge in [0.2, 0.25) is 0 Å². The van der Waals surface area contributed by atoms with E-state index in [1.165, 1.54) is 6.42 Å². The second-order valence-electron chi connectivity index (χ2n) is 7.90. The van der Waals surface area contributed by atoms with Gasteiger partial charge in [0, 0.05) is 17.8 Å². The molecule has 1 aliphatic heterocycles. The van der Waals surface area contributed by atoms with Crippen LogP contribution in [-0.2, 0) is 14.3 Å². The first kappa shape index (κ1) is 18.1. The van der Waals surface area contributed by atoms with Gasteiger partial charge in [-0.1, -0.05) is 12.5 Å². The van der Waals surface area contributed by atoms with Crippen LogP contribution >= 0.6 is 0 Å². The number of aryl methyl sites for hydroxylation is 1. The third kappa shape index (κ3) is 3.47. The first-order valence-electron chi connectivity index (χ1n) is 10.0. The highest BCUT2D eigenvalue weighted by Crippen LogP contribution is 2.44. The summed E-state index contributed by atoms with van der Waals surface area (Å²) in [5.74, 6) is 0.444. The lowest BCUT2D eigenvalue weighted by atomic mass is 9.73. The van der Waals surface area contributed by atoms with Crippen LogP contribution in [0.5, 0.6) is 0 Å². The second kappa shape index (κ2) is 7.37. The number of carbonyl (C=O) groups is 2. The molecular formula is C22H27NO4. The van der Waals surface area contributed by atoms with E-state index in [0.717, 1.165) is 49.3 Å². The minimum absolute atomic E-state index is 0.0236. The van der Waals surface area contributed by atoms with Gasteiger partial charge < -0.3 is 14.5 Å². The lowest BCUT2D eigenvalue weighted by molar-refractivity contribution is -0.146. The number of fused-ring (bicyclic) bond motifs is 1. The van der Waals surface area contributed by atoms with Crippen LogP contribution in [0.2, 0.25) is 0 Å². The largest absolute Gasteiger partial charge is 0.466 e. The van der Waals surface area contributed by atoms with Crippen LogP contribution in [0.1, 0.15) is 69.3 Å². The molecule has 2 aliphatic carbocycles. The zero-order valence-corrected chi connectivity index (χ0v) is 16.0. The quantitative estimate of drug-likeness (QED) is 0.805. The lowest BCUT2D eigenvalue weighted by Gasteiger charge is -2.37. The third-order valence-corrected chi connectivity index (χ3v) is 5.93. The molecule has 0 bridgehead atoms. The fourth-order valence-electron chi connectivity index (χ4n) is 4.61. The van der Waals surface area contributed by atoms with Crippen LogP contribution in [0, 0.1) is 12.8 Å². The van der Waals surface area contributed by atoms with Crippen molar-refractivity contribution < 1.29 is 18.7 Å². The van der Waals surface area contributed by atoms with Crippen LogP contribution in [0.15, 0.2) is 39.6 Å². The average Bonchev–Trinajstić information content (AvgIpc) is 3.07. The Morgan fingerprint density at radius 3 is 2.63 bits per heavy atom. The molecule has 1 saturated carbocycles. The van der Waals surface area contributed by atoms with Crippen molar-refractivity contribution in [3.63, 3.8) is 0 Å². The summed E-state index contributed by atoms with van der Waals surface area (Å²) in [6.45, 7) is 3.76. The molecule has 1 fully saturated rings.